The summed E-state index contributed by atoms with van der Waals surface area (Å²) in [5, 5.41) is 14.1. The third kappa shape index (κ3) is 3.23. The number of aliphatic hydroxyl groups is 1. The highest BCUT2D eigenvalue weighted by Gasteiger charge is 2.45. The number of thiazole rings is 1. The van der Waals surface area contributed by atoms with Gasteiger partial charge < -0.3 is 16.2 Å². The van der Waals surface area contributed by atoms with Gasteiger partial charge in [-0.3, -0.25) is 4.79 Å². The van der Waals surface area contributed by atoms with Crippen LogP contribution in [0.3, 0.4) is 0 Å². The minimum atomic E-state index is -0.229. The lowest BCUT2D eigenvalue weighted by Gasteiger charge is -2.42. The number of rotatable bonds is 3. The van der Waals surface area contributed by atoms with E-state index in [0.717, 1.165) is 42.5 Å². The van der Waals surface area contributed by atoms with Crippen LogP contribution in [0.5, 0.6) is 0 Å². The van der Waals surface area contributed by atoms with Crippen LogP contribution in [-0.4, -0.2) is 28.1 Å². The molecule has 2 aliphatic rings. The summed E-state index contributed by atoms with van der Waals surface area (Å²) in [7, 11) is 0. The largest absolute Gasteiger partial charge is 0.393 e. The predicted octanol–water partition coefficient (Wildman–Crippen LogP) is 3.60. The second-order valence-electron chi connectivity index (χ2n) is 7.63. The van der Waals surface area contributed by atoms with E-state index in [1.165, 1.54) is 24.2 Å². The van der Waals surface area contributed by atoms with Gasteiger partial charge in [0, 0.05) is 6.04 Å². The van der Waals surface area contributed by atoms with Crippen molar-refractivity contribution in [2.75, 3.05) is 5.73 Å². The molecular formula is C20H25N3O2S. The monoisotopic (exact) mass is 371 g/mol. The second kappa shape index (κ2) is 7.00. The zero-order valence-corrected chi connectivity index (χ0v) is 15.6. The van der Waals surface area contributed by atoms with Gasteiger partial charge in [-0.25, -0.2) is 4.98 Å². The van der Waals surface area contributed by atoms with Gasteiger partial charge in [0.2, 0.25) is 0 Å². The van der Waals surface area contributed by atoms with Crippen molar-refractivity contribution >= 4 is 22.4 Å². The molecule has 2 fully saturated rings. The Bertz CT molecular complexity index is 784. The Morgan fingerprint density at radius 3 is 2.69 bits per heavy atom. The molecule has 2 aromatic rings. The molecule has 0 aliphatic heterocycles. The maximum Gasteiger partial charge on any atom is 0.271 e. The normalized spacial score (nSPS) is 24.7. The first-order chi connectivity index (χ1) is 12.6. The number of hydrogen-bond donors (Lipinski definition) is 3. The Morgan fingerprint density at radius 2 is 1.96 bits per heavy atom. The van der Waals surface area contributed by atoms with Crippen LogP contribution in [0.1, 0.15) is 55.4 Å². The van der Waals surface area contributed by atoms with Crippen molar-refractivity contribution in [3.8, 4) is 10.4 Å². The number of nitrogen functional groups attached to an aromatic ring is 1. The van der Waals surface area contributed by atoms with Gasteiger partial charge in [0.1, 0.15) is 5.69 Å². The lowest BCUT2D eigenvalue weighted by atomic mass is 9.69. The summed E-state index contributed by atoms with van der Waals surface area (Å²) in [6, 6.07) is 9.86. The number of amides is 1. The lowest BCUT2D eigenvalue weighted by molar-refractivity contribution is -0.0181. The number of nitrogens with two attached hydrogens (primary N) is 1. The molecule has 5 nitrogen and oxygen atoms in total. The Hall–Kier alpha value is -1.92. The van der Waals surface area contributed by atoms with Crippen molar-refractivity contribution in [3.05, 3.63) is 36.0 Å². The second-order valence-corrected chi connectivity index (χ2v) is 8.66. The highest BCUT2D eigenvalue weighted by molar-refractivity contribution is 7.19. The van der Waals surface area contributed by atoms with Gasteiger partial charge in [0.25, 0.3) is 5.91 Å². The van der Waals surface area contributed by atoms with E-state index in [9.17, 15) is 9.90 Å². The fraction of sp³-hybridized carbons (Fsp3) is 0.500. The topological polar surface area (TPSA) is 88.2 Å². The molecule has 26 heavy (non-hydrogen) atoms. The summed E-state index contributed by atoms with van der Waals surface area (Å²) in [4.78, 5) is 18.0. The number of benzene rings is 1. The van der Waals surface area contributed by atoms with Crippen LogP contribution < -0.4 is 11.1 Å². The molecule has 0 saturated heterocycles. The molecule has 4 rings (SSSR count). The maximum absolute atomic E-state index is 12.9. The van der Waals surface area contributed by atoms with Crippen LogP contribution in [0.4, 0.5) is 5.13 Å². The van der Waals surface area contributed by atoms with Gasteiger partial charge in [-0.15, -0.1) is 0 Å². The molecule has 0 radical (unpaired) electrons. The van der Waals surface area contributed by atoms with Crippen molar-refractivity contribution in [2.24, 2.45) is 5.41 Å². The van der Waals surface area contributed by atoms with E-state index in [1.807, 2.05) is 30.3 Å². The summed E-state index contributed by atoms with van der Waals surface area (Å²) >= 11 is 1.34. The van der Waals surface area contributed by atoms with E-state index >= 15 is 0 Å². The van der Waals surface area contributed by atoms with E-state index in [1.54, 1.807) is 0 Å². The van der Waals surface area contributed by atoms with E-state index in [2.05, 4.69) is 10.3 Å². The molecule has 6 heteroatoms. The van der Waals surface area contributed by atoms with Gasteiger partial charge in [-0.05, 0) is 43.1 Å². The van der Waals surface area contributed by atoms with Gasteiger partial charge in [-0.2, -0.15) is 0 Å². The zero-order chi connectivity index (χ0) is 18.1. The molecular weight excluding hydrogens is 346 g/mol. The highest BCUT2D eigenvalue weighted by Crippen LogP contribution is 2.49. The number of carbonyl (C=O) groups excluding carboxylic acids is 1. The molecule has 2 unspecified atom stereocenters. The van der Waals surface area contributed by atoms with Crippen molar-refractivity contribution in [1.82, 2.24) is 10.3 Å². The minimum Gasteiger partial charge on any atom is -0.393 e. The van der Waals surface area contributed by atoms with Crippen molar-refractivity contribution in [2.45, 2.75) is 57.1 Å². The number of hydrogen-bond acceptors (Lipinski definition) is 5. The van der Waals surface area contributed by atoms with Gasteiger partial charge in [0.15, 0.2) is 5.13 Å². The van der Waals surface area contributed by atoms with E-state index in [4.69, 9.17) is 5.73 Å². The lowest BCUT2D eigenvalue weighted by Crippen LogP contribution is -2.47. The number of aromatic nitrogens is 1. The molecule has 2 saturated carbocycles. The summed E-state index contributed by atoms with van der Waals surface area (Å²) in [5.41, 5.74) is 7.26. The van der Waals surface area contributed by atoms with Gasteiger partial charge >= 0.3 is 0 Å². The average molecular weight is 372 g/mol. The Kier molecular flexibility index (Phi) is 4.71. The van der Waals surface area contributed by atoms with Crippen LogP contribution in [0.15, 0.2) is 30.3 Å². The summed E-state index contributed by atoms with van der Waals surface area (Å²) < 4.78 is 0. The molecule has 1 amide bonds. The van der Waals surface area contributed by atoms with Crippen molar-refractivity contribution in [3.63, 3.8) is 0 Å². The molecule has 0 bridgehead atoms. The number of aliphatic hydroxyl groups excluding tert-OH is 1. The predicted molar refractivity (Wildman–Crippen MR) is 104 cm³/mol. The number of nitrogens with one attached hydrogen (secondary N) is 1. The molecule has 2 atom stereocenters. The van der Waals surface area contributed by atoms with Crippen LogP contribution in [0.2, 0.25) is 0 Å². The van der Waals surface area contributed by atoms with E-state index < -0.39 is 0 Å². The third-order valence-corrected chi connectivity index (χ3v) is 6.91. The Morgan fingerprint density at radius 1 is 1.23 bits per heavy atom. The van der Waals surface area contributed by atoms with Gasteiger partial charge in [0.05, 0.1) is 11.0 Å². The van der Waals surface area contributed by atoms with E-state index in [-0.39, 0.29) is 23.5 Å². The van der Waals surface area contributed by atoms with Crippen LogP contribution in [0.25, 0.3) is 10.4 Å². The number of carbonyl (C=O) groups is 1. The minimum absolute atomic E-state index is 0.000437. The molecule has 1 spiro atoms. The number of nitrogens with zero attached hydrogens (tertiary/aromatic N) is 1. The number of anilines is 1. The van der Waals surface area contributed by atoms with Gasteiger partial charge in [-0.1, -0.05) is 54.5 Å². The first-order valence-corrected chi connectivity index (χ1v) is 10.2. The molecule has 4 N–H and O–H groups in total. The van der Waals surface area contributed by atoms with E-state index in [0.29, 0.717) is 10.8 Å². The first kappa shape index (κ1) is 17.5. The Balaban J connectivity index is 1.52. The summed E-state index contributed by atoms with van der Waals surface area (Å²) in [5.74, 6) is -0.161. The molecule has 1 heterocycles. The zero-order valence-electron chi connectivity index (χ0n) is 14.8. The average Bonchev–Trinajstić information content (AvgIpc) is 3.26. The van der Waals surface area contributed by atoms with Crippen molar-refractivity contribution in [1.29, 1.82) is 0 Å². The smallest absolute Gasteiger partial charge is 0.271 e. The van der Waals surface area contributed by atoms with Crippen LogP contribution in [-0.2, 0) is 0 Å². The Labute approximate surface area is 157 Å². The standard InChI is InChI=1S/C20H25N3O2S/c21-19-23-16(17(26-19)13-6-2-1-3-7-13)18(25)22-14-8-9-15(24)20(12-14)10-4-5-11-20/h1-3,6-7,14-15,24H,4-5,8-12H2,(H2,21,23)(H,22,25). The van der Waals surface area contributed by atoms with Crippen LogP contribution in [0, 0.1) is 5.41 Å². The fourth-order valence-corrected chi connectivity index (χ4v) is 5.50. The molecule has 1 aromatic heterocycles. The maximum atomic E-state index is 12.9. The highest BCUT2D eigenvalue weighted by atomic mass is 32.1. The van der Waals surface area contributed by atoms with Crippen molar-refractivity contribution < 1.29 is 9.90 Å². The third-order valence-electron chi connectivity index (χ3n) is 5.98. The fourth-order valence-electron chi connectivity index (χ4n) is 4.66. The summed E-state index contributed by atoms with van der Waals surface area (Å²) in [6.07, 6.45) is 6.70. The molecule has 2 aliphatic carbocycles. The first-order valence-electron chi connectivity index (χ1n) is 9.38. The SMILES string of the molecule is Nc1nc(C(=O)NC2CCC(O)C3(CCCC3)C2)c(-c2ccccc2)s1. The molecule has 1 aromatic carbocycles. The summed E-state index contributed by atoms with van der Waals surface area (Å²) in [6.45, 7) is 0. The quantitative estimate of drug-likeness (QED) is 0.769. The molecule has 138 valence electrons. The van der Waals surface area contributed by atoms with Crippen LogP contribution >= 0.6 is 11.3 Å².